The van der Waals surface area contributed by atoms with Crippen molar-refractivity contribution in [1.29, 1.82) is 0 Å². The van der Waals surface area contributed by atoms with E-state index in [-0.39, 0.29) is 11.9 Å². The highest BCUT2D eigenvalue weighted by molar-refractivity contribution is 5.65. The summed E-state index contributed by atoms with van der Waals surface area (Å²) in [5.74, 6) is 0.481. The molecular weight excluding hydrogens is 273 g/mol. The van der Waals surface area contributed by atoms with E-state index in [0.29, 0.717) is 13.0 Å². The first-order chi connectivity index (χ1) is 10.1. The summed E-state index contributed by atoms with van der Waals surface area (Å²) in [7, 11) is 0. The summed E-state index contributed by atoms with van der Waals surface area (Å²) in [6, 6.07) is 6.16. The van der Waals surface area contributed by atoms with Gasteiger partial charge >= 0.3 is 6.09 Å². The Morgan fingerprint density at radius 3 is 2.90 bits per heavy atom. The number of benzene rings is 1. The molecule has 1 aromatic heterocycles. The number of imidazole rings is 1. The zero-order chi connectivity index (χ0) is 14.8. The van der Waals surface area contributed by atoms with Crippen molar-refractivity contribution in [3.8, 4) is 11.3 Å². The van der Waals surface area contributed by atoms with Crippen molar-refractivity contribution in [1.82, 2.24) is 14.9 Å². The number of likely N-dealkylation sites (tertiary alicyclic amines) is 1. The van der Waals surface area contributed by atoms with E-state index < -0.39 is 6.09 Å². The van der Waals surface area contributed by atoms with Crippen LogP contribution in [-0.4, -0.2) is 38.7 Å². The Morgan fingerprint density at radius 1 is 1.43 bits per heavy atom. The van der Waals surface area contributed by atoms with Gasteiger partial charge in [0, 0.05) is 19.0 Å². The molecule has 0 saturated carbocycles. The quantitative estimate of drug-likeness (QED) is 0.912. The molecule has 1 aliphatic heterocycles. The molecule has 1 aliphatic rings. The summed E-state index contributed by atoms with van der Waals surface area (Å²) < 4.78 is 12.9. The van der Waals surface area contributed by atoms with Crippen molar-refractivity contribution in [2.24, 2.45) is 0 Å². The maximum Gasteiger partial charge on any atom is 0.407 e. The molecule has 1 amide bonds. The molecule has 2 N–H and O–H groups in total. The van der Waals surface area contributed by atoms with Gasteiger partial charge in [-0.3, -0.25) is 0 Å². The lowest BCUT2D eigenvalue weighted by Gasteiger charge is -2.20. The number of amides is 1. The van der Waals surface area contributed by atoms with Gasteiger partial charge in [0.2, 0.25) is 0 Å². The molecule has 1 aromatic carbocycles. The van der Waals surface area contributed by atoms with Crippen LogP contribution in [0.25, 0.3) is 11.3 Å². The van der Waals surface area contributed by atoms with Gasteiger partial charge in [-0.15, -0.1) is 0 Å². The fourth-order valence-corrected chi connectivity index (χ4v) is 2.77. The molecule has 1 atom stereocenters. The Labute approximate surface area is 121 Å². The van der Waals surface area contributed by atoms with Crippen LogP contribution in [0.5, 0.6) is 0 Å². The number of carbonyl (C=O) groups is 1. The minimum atomic E-state index is -0.872. The van der Waals surface area contributed by atoms with Gasteiger partial charge in [0.15, 0.2) is 0 Å². The predicted molar refractivity (Wildman–Crippen MR) is 75.4 cm³/mol. The minimum Gasteiger partial charge on any atom is -0.465 e. The Kier molecular flexibility index (Phi) is 3.60. The molecule has 2 heterocycles. The summed E-state index contributed by atoms with van der Waals surface area (Å²) in [6.45, 7) is 0.589. The average Bonchev–Trinajstić information content (AvgIpc) is 3.09. The summed E-state index contributed by atoms with van der Waals surface area (Å²) in [4.78, 5) is 20.1. The van der Waals surface area contributed by atoms with Crippen molar-refractivity contribution in [3.63, 3.8) is 0 Å². The zero-order valence-corrected chi connectivity index (χ0v) is 11.4. The SMILES string of the molecule is O=C(O)N1CCC[C@H]1Cc1ncc(-c2ccc(F)cc2)[nH]1. The number of H-pyrrole nitrogens is 1. The molecule has 3 rings (SSSR count). The Morgan fingerprint density at radius 2 is 2.19 bits per heavy atom. The average molecular weight is 289 g/mol. The van der Waals surface area contributed by atoms with Crippen LogP contribution in [0.1, 0.15) is 18.7 Å². The van der Waals surface area contributed by atoms with Gasteiger partial charge in [0.1, 0.15) is 11.6 Å². The number of aromatic nitrogens is 2. The molecule has 6 heteroatoms. The Hall–Kier alpha value is -2.37. The van der Waals surface area contributed by atoms with Crippen LogP contribution in [0.4, 0.5) is 9.18 Å². The van der Waals surface area contributed by atoms with Crippen LogP contribution in [0.3, 0.4) is 0 Å². The van der Waals surface area contributed by atoms with Crippen molar-refractivity contribution in [3.05, 3.63) is 42.1 Å². The third-order valence-electron chi connectivity index (χ3n) is 3.84. The maximum absolute atomic E-state index is 12.9. The molecule has 2 aromatic rings. The molecule has 21 heavy (non-hydrogen) atoms. The van der Waals surface area contributed by atoms with Crippen molar-refractivity contribution >= 4 is 6.09 Å². The molecule has 0 radical (unpaired) electrons. The predicted octanol–water partition coefficient (Wildman–Crippen LogP) is 2.90. The molecule has 1 fully saturated rings. The van der Waals surface area contributed by atoms with Crippen LogP contribution < -0.4 is 0 Å². The molecule has 0 unspecified atom stereocenters. The van der Waals surface area contributed by atoms with E-state index >= 15 is 0 Å². The van der Waals surface area contributed by atoms with E-state index in [1.807, 2.05) is 0 Å². The number of rotatable bonds is 3. The van der Waals surface area contributed by atoms with Gasteiger partial charge < -0.3 is 15.0 Å². The van der Waals surface area contributed by atoms with Gasteiger partial charge in [-0.05, 0) is 42.7 Å². The van der Waals surface area contributed by atoms with E-state index in [4.69, 9.17) is 5.11 Å². The summed E-state index contributed by atoms with van der Waals surface area (Å²) in [5.41, 5.74) is 1.67. The highest BCUT2D eigenvalue weighted by Gasteiger charge is 2.29. The molecule has 0 aliphatic carbocycles. The second-order valence-corrected chi connectivity index (χ2v) is 5.23. The van der Waals surface area contributed by atoms with Gasteiger partial charge in [-0.2, -0.15) is 0 Å². The lowest BCUT2D eigenvalue weighted by atomic mass is 10.1. The number of halogens is 1. The second kappa shape index (κ2) is 5.55. The molecule has 0 bridgehead atoms. The number of hydrogen-bond acceptors (Lipinski definition) is 2. The minimum absolute atomic E-state index is 0.0188. The number of nitrogens with zero attached hydrogens (tertiary/aromatic N) is 2. The fraction of sp³-hybridized carbons (Fsp3) is 0.333. The fourth-order valence-electron chi connectivity index (χ4n) is 2.77. The van der Waals surface area contributed by atoms with Crippen LogP contribution >= 0.6 is 0 Å². The summed E-state index contributed by atoms with van der Waals surface area (Å²) in [5, 5.41) is 9.13. The number of aromatic amines is 1. The van der Waals surface area contributed by atoms with Crippen LogP contribution in [0.15, 0.2) is 30.5 Å². The third kappa shape index (κ3) is 2.89. The lowest BCUT2D eigenvalue weighted by molar-refractivity contribution is 0.140. The normalized spacial score (nSPS) is 18.1. The van der Waals surface area contributed by atoms with Crippen molar-refractivity contribution in [2.45, 2.75) is 25.3 Å². The number of nitrogens with one attached hydrogen (secondary N) is 1. The second-order valence-electron chi connectivity index (χ2n) is 5.23. The van der Waals surface area contributed by atoms with Crippen LogP contribution in [0, 0.1) is 5.82 Å². The highest BCUT2D eigenvalue weighted by atomic mass is 19.1. The van der Waals surface area contributed by atoms with E-state index in [1.165, 1.54) is 17.0 Å². The van der Waals surface area contributed by atoms with Gasteiger partial charge in [-0.1, -0.05) is 0 Å². The Bertz CT molecular complexity index is 639. The third-order valence-corrected chi connectivity index (χ3v) is 3.84. The zero-order valence-electron chi connectivity index (χ0n) is 11.4. The molecular formula is C15H16FN3O2. The summed E-state index contributed by atoms with van der Waals surface area (Å²) in [6.07, 6.45) is 3.15. The first kappa shape index (κ1) is 13.6. The lowest BCUT2D eigenvalue weighted by Crippen LogP contribution is -2.35. The van der Waals surface area contributed by atoms with Crippen LogP contribution in [-0.2, 0) is 6.42 Å². The number of hydrogen-bond donors (Lipinski definition) is 2. The highest BCUT2D eigenvalue weighted by Crippen LogP contribution is 2.22. The molecule has 0 spiro atoms. The largest absolute Gasteiger partial charge is 0.465 e. The van der Waals surface area contributed by atoms with Gasteiger partial charge in [0.05, 0.1) is 11.9 Å². The van der Waals surface area contributed by atoms with Gasteiger partial charge in [-0.25, -0.2) is 14.2 Å². The van der Waals surface area contributed by atoms with E-state index in [0.717, 1.165) is 29.9 Å². The summed E-state index contributed by atoms with van der Waals surface area (Å²) >= 11 is 0. The van der Waals surface area contributed by atoms with E-state index in [1.54, 1.807) is 18.3 Å². The number of carboxylic acid groups (broad SMARTS) is 1. The first-order valence-corrected chi connectivity index (χ1v) is 6.93. The maximum atomic E-state index is 12.9. The molecule has 5 nitrogen and oxygen atoms in total. The smallest absolute Gasteiger partial charge is 0.407 e. The molecule has 1 saturated heterocycles. The van der Waals surface area contributed by atoms with E-state index in [2.05, 4.69) is 9.97 Å². The van der Waals surface area contributed by atoms with Crippen LogP contribution in [0.2, 0.25) is 0 Å². The standard InChI is InChI=1S/C15H16FN3O2/c16-11-5-3-10(4-6-11)13-9-17-14(18-13)8-12-2-1-7-19(12)15(20)21/h3-6,9,12H,1-2,7-8H2,(H,17,18)(H,20,21)/t12-/m0/s1. The topological polar surface area (TPSA) is 69.2 Å². The monoisotopic (exact) mass is 289 g/mol. The molecule has 110 valence electrons. The first-order valence-electron chi connectivity index (χ1n) is 6.93. The van der Waals surface area contributed by atoms with Crippen molar-refractivity contribution < 1.29 is 14.3 Å². The van der Waals surface area contributed by atoms with Crippen molar-refractivity contribution in [2.75, 3.05) is 6.54 Å². The van der Waals surface area contributed by atoms with E-state index in [9.17, 15) is 9.18 Å². The van der Waals surface area contributed by atoms with Gasteiger partial charge in [0.25, 0.3) is 0 Å². The Balaban J connectivity index is 1.73.